The first-order chi connectivity index (χ1) is 8.60. The van der Waals surface area contributed by atoms with Crippen molar-refractivity contribution >= 4 is 18.2 Å². The summed E-state index contributed by atoms with van der Waals surface area (Å²) in [6, 6.07) is 0. The molecule has 1 fully saturated rings. The maximum Gasteiger partial charge on any atom is 0.303 e. The third-order valence-corrected chi connectivity index (χ3v) is 2.49. The van der Waals surface area contributed by atoms with Crippen molar-refractivity contribution in [3.63, 3.8) is 0 Å². The molecule has 0 radical (unpaired) electrons. The molecule has 2 atom stereocenters. The van der Waals surface area contributed by atoms with Crippen molar-refractivity contribution in [1.82, 2.24) is 4.90 Å². The second kappa shape index (κ2) is 6.90. The van der Waals surface area contributed by atoms with Gasteiger partial charge in [-0.1, -0.05) is 6.08 Å². The second-order valence-electron chi connectivity index (χ2n) is 3.81. The first-order valence-electron chi connectivity index (χ1n) is 5.78. The van der Waals surface area contributed by atoms with Crippen LogP contribution in [0, 0.1) is 0 Å². The van der Waals surface area contributed by atoms with E-state index < -0.39 is 18.3 Å². The predicted molar refractivity (Wildman–Crippen MR) is 62.5 cm³/mol. The number of carbonyl (C=O) groups excluding carboxylic acids is 3. The quantitative estimate of drug-likeness (QED) is 0.387. The van der Waals surface area contributed by atoms with Gasteiger partial charge in [-0.25, -0.2) is 0 Å². The molecule has 0 aromatic rings. The Morgan fingerprint density at radius 3 is 2.83 bits per heavy atom. The van der Waals surface area contributed by atoms with Gasteiger partial charge in [0.05, 0.1) is 6.42 Å². The zero-order valence-corrected chi connectivity index (χ0v) is 10.5. The molecule has 6 heteroatoms. The molecule has 0 unspecified atom stereocenters. The van der Waals surface area contributed by atoms with Crippen LogP contribution in [0.1, 0.15) is 20.3 Å². The molecule has 1 aliphatic heterocycles. The Hall–Kier alpha value is -1.69. The van der Waals surface area contributed by atoms with Gasteiger partial charge in [-0.05, 0) is 13.0 Å². The van der Waals surface area contributed by atoms with Gasteiger partial charge in [0, 0.05) is 20.1 Å². The molecule has 18 heavy (non-hydrogen) atoms. The topological polar surface area (TPSA) is 72.9 Å². The monoisotopic (exact) mass is 255 g/mol. The van der Waals surface area contributed by atoms with E-state index in [4.69, 9.17) is 9.47 Å². The summed E-state index contributed by atoms with van der Waals surface area (Å²) >= 11 is 0. The molecule has 0 N–H and O–H groups in total. The number of hydrogen-bond acceptors (Lipinski definition) is 5. The molecule has 0 spiro atoms. The maximum absolute atomic E-state index is 11.8. The number of hydrogen-bond donors (Lipinski definition) is 0. The lowest BCUT2D eigenvalue weighted by Crippen LogP contribution is -2.40. The summed E-state index contributed by atoms with van der Waals surface area (Å²) in [4.78, 5) is 34.4. The summed E-state index contributed by atoms with van der Waals surface area (Å²) < 4.78 is 10.5. The third-order valence-electron chi connectivity index (χ3n) is 2.49. The summed E-state index contributed by atoms with van der Waals surface area (Å²) in [5.74, 6) is -0.599. The standard InChI is InChI=1S/C12H17NO5/c1-3-17-12-10(18-9(2)15)8-11(16)13(12)6-4-5-7-14/h4-5,7,10,12H,3,6,8H2,1-2H3/b5-4+/t10-,12+/m0/s1. The van der Waals surface area contributed by atoms with Crippen molar-refractivity contribution in [3.05, 3.63) is 12.2 Å². The van der Waals surface area contributed by atoms with Crippen molar-refractivity contribution in [2.24, 2.45) is 0 Å². The molecule has 6 nitrogen and oxygen atoms in total. The van der Waals surface area contributed by atoms with Gasteiger partial charge in [-0.3, -0.25) is 14.4 Å². The fraction of sp³-hybridized carbons (Fsp3) is 0.583. The largest absolute Gasteiger partial charge is 0.457 e. The number of esters is 1. The van der Waals surface area contributed by atoms with Crippen molar-refractivity contribution < 1.29 is 23.9 Å². The first kappa shape index (κ1) is 14.4. The zero-order chi connectivity index (χ0) is 13.5. The lowest BCUT2D eigenvalue weighted by atomic mass is 10.3. The van der Waals surface area contributed by atoms with E-state index in [-0.39, 0.29) is 18.9 Å². The van der Waals surface area contributed by atoms with E-state index in [2.05, 4.69) is 0 Å². The van der Waals surface area contributed by atoms with Crippen LogP contribution < -0.4 is 0 Å². The van der Waals surface area contributed by atoms with Crippen LogP contribution in [0.25, 0.3) is 0 Å². The number of rotatable bonds is 6. The van der Waals surface area contributed by atoms with Gasteiger partial charge in [-0.2, -0.15) is 0 Å². The van der Waals surface area contributed by atoms with Gasteiger partial charge < -0.3 is 14.4 Å². The first-order valence-corrected chi connectivity index (χ1v) is 5.78. The van der Waals surface area contributed by atoms with Crippen LogP contribution in [-0.4, -0.2) is 48.5 Å². The van der Waals surface area contributed by atoms with Crippen LogP contribution in [0.15, 0.2) is 12.2 Å². The van der Waals surface area contributed by atoms with Gasteiger partial charge in [0.2, 0.25) is 5.91 Å². The molecule has 0 bridgehead atoms. The van der Waals surface area contributed by atoms with E-state index in [1.807, 2.05) is 0 Å². The van der Waals surface area contributed by atoms with E-state index in [0.717, 1.165) is 0 Å². The Morgan fingerprint density at radius 1 is 1.56 bits per heavy atom. The van der Waals surface area contributed by atoms with Crippen molar-refractivity contribution in [1.29, 1.82) is 0 Å². The van der Waals surface area contributed by atoms with Gasteiger partial charge in [0.25, 0.3) is 0 Å². The van der Waals surface area contributed by atoms with Crippen LogP contribution in [-0.2, 0) is 23.9 Å². The fourth-order valence-corrected chi connectivity index (χ4v) is 1.85. The average molecular weight is 255 g/mol. The lowest BCUT2D eigenvalue weighted by molar-refractivity contribution is -0.160. The van der Waals surface area contributed by atoms with E-state index in [9.17, 15) is 14.4 Å². The number of likely N-dealkylation sites (tertiary alicyclic amines) is 1. The summed E-state index contributed by atoms with van der Waals surface area (Å²) in [5, 5.41) is 0. The molecular formula is C12H17NO5. The van der Waals surface area contributed by atoms with Gasteiger partial charge in [0.1, 0.15) is 6.29 Å². The molecule has 0 aromatic carbocycles. The summed E-state index contributed by atoms with van der Waals surface area (Å²) in [6.07, 6.45) is 2.46. The van der Waals surface area contributed by atoms with Gasteiger partial charge in [0.15, 0.2) is 12.3 Å². The third kappa shape index (κ3) is 3.66. The number of ether oxygens (including phenoxy) is 2. The highest BCUT2D eigenvalue weighted by Gasteiger charge is 2.41. The Bertz CT molecular complexity index is 352. The molecule has 1 rings (SSSR count). The summed E-state index contributed by atoms with van der Waals surface area (Å²) in [5.41, 5.74) is 0. The molecule has 100 valence electrons. The maximum atomic E-state index is 11.8. The summed E-state index contributed by atoms with van der Waals surface area (Å²) in [6.45, 7) is 3.76. The SMILES string of the molecule is CCO[C@@H]1[C@@H](OC(C)=O)CC(=O)N1C/C=C/C=O. The lowest BCUT2D eigenvalue weighted by Gasteiger charge is -2.26. The molecule has 1 amide bonds. The molecule has 0 aliphatic carbocycles. The van der Waals surface area contributed by atoms with Crippen LogP contribution in [0.5, 0.6) is 0 Å². The number of amides is 1. The number of allylic oxidation sites excluding steroid dienone is 1. The highest BCUT2D eigenvalue weighted by atomic mass is 16.6. The number of nitrogens with zero attached hydrogens (tertiary/aromatic N) is 1. The minimum atomic E-state index is -0.584. The normalized spacial score (nSPS) is 23.7. The van der Waals surface area contributed by atoms with Crippen LogP contribution in [0.2, 0.25) is 0 Å². The minimum absolute atomic E-state index is 0.110. The summed E-state index contributed by atoms with van der Waals surface area (Å²) in [7, 11) is 0. The Balaban J connectivity index is 2.73. The molecule has 0 saturated carbocycles. The molecule has 0 aromatic heterocycles. The number of carbonyl (C=O) groups is 3. The zero-order valence-electron chi connectivity index (χ0n) is 10.5. The Morgan fingerprint density at radius 2 is 2.28 bits per heavy atom. The highest BCUT2D eigenvalue weighted by Crippen LogP contribution is 2.23. The molecule has 1 aliphatic rings. The van der Waals surface area contributed by atoms with Crippen LogP contribution >= 0.6 is 0 Å². The van der Waals surface area contributed by atoms with E-state index in [0.29, 0.717) is 12.9 Å². The van der Waals surface area contributed by atoms with E-state index in [1.165, 1.54) is 17.9 Å². The van der Waals surface area contributed by atoms with Crippen LogP contribution in [0.4, 0.5) is 0 Å². The van der Waals surface area contributed by atoms with E-state index in [1.54, 1.807) is 13.0 Å². The smallest absolute Gasteiger partial charge is 0.303 e. The Kier molecular flexibility index (Phi) is 5.51. The van der Waals surface area contributed by atoms with Gasteiger partial charge in [-0.15, -0.1) is 0 Å². The number of aldehydes is 1. The predicted octanol–water partition coefficient (Wildman–Crippen LogP) is 0.268. The molecule has 1 heterocycles. The molecular weight excluding hydrogens is 238 g/mol. The highest BCUT2D eigenvalue weighted by molar-refractivity contribution is 5.80. The van der Waals surface area contributed by atoms with Gasteiger partial charge >= 0.3 is 5.97 Å². The van der Waals surface area contributed by atoms with Crippen molar-refractivity contribution in [2.45, 2.75) is 32.6 Å². The minimum Gasteiger partial charge on any atom is -0.457 e. The van der Waals surface area contributed by atoms with Crippen LogP contribution in [0.3, 0.4) is 0 Å². The second-order valence-corrected chi connectivity index (χ2v) is 3.81. The fourth-order valence-electron chi connectivity index (χ4n) is 1.85. The van der Waals surface area contributed by atoms with Crippen molar-refractivity contribution in [3.8, 4) is 0 Å². The van der Waals surface area contributed by atoms with E-state index >= 15 is 0 Å². The Labute approximate surface area is 106 Å². The van der Waals surface area contributed by atoms with Crippen molar-refractivity contribution in [2.75, 3.05) is 13.2 Å². The average Bonchev–Trinajstić information content (AvgIpc) is 2.57. The molecule has 1 saturated heterocycles.